The Kier molecular flexibility index (Phi) is 5.51. The topological polar surface area (TPSA) is 62.1 Å². The lowest BCUT2D eigenvalue weighted by atomic mass is 9.80. The minimum atomic E-state index is -0.260. The number of aromatic nitrogens is 1. The third-order valence-electron chi connectivity index (χ3n) is 4.63. The average molecular weight is 346 g/mol. The van der Waals surface area contributed by atoms with Gasteiger partial charge in [0.2, 0.25) is 5.89 Å². The zero-order chi connectivity index (χ0) is 17.9. The lowest BCUT2D eigenvalue weighted by Gasteiger charge is -2.31. The van der Waals surface area contributed by atoms with Crippen LogP contribution in [0.3, 0.4) is 0 Å². The highest BCUT2D eigenvalue weighted by molar-refractivity contribution is 5.52. The molecule has 1 aliphatic rings. The van der Waals surface area contributed by atoms with Crippen LogP contribution in [0, 0.1) is 17.2 Å². The summed E-state index contributed by atoms with van der Waals surface area (Å²) in [5.41, 5.74) is 8.58. The van der Waals surface area contributed by atoms with Gasteiger partial charge in [-0.2, -0.15) is 0 Å². The summed E-state index contributed by atoms with van der Waals surface area (Å²) in [7, 11) is 0. The van der Waals surface area contributed by atoms with Crippen molar-refractivity contribution in [2.24, 2.45) is 11.3 Å². The zero-order valence-corrected chi connectivity index (χ0v) is 15.1. The van der Waals surface area contributed by atoms with E-state index in [4.69, 9.17) is 4.42 Å². The third-order valence-corrected chi connectivity index (χ3v) is 4.63. The van der Waals surface area contributed by atoms with Gasteiger partial charge in [0.1, 0.15) is 12.1 Å². The minimum absolute atomic E-state index is 0.228. The fourth-order valence-electron chi connectivity index (χ4n) is 3.30. The van der Waals surface area contributed by atoms with Crippen LogP contribution < -0.4 is 16.2 Å². The molecule has 6 heteroatoms. The van der Waals surface area contributed by atoms with Gasteiger partial charge in [0, 0.05) is 43.6 Å². The van der Waals surface area contributed by atoms with Gasteiger partial charge in [-0.3, -0.25) is 10.9 Å². The second-order valence-electron chi connectivity index (χ2n) is 7.73. The first-order chi connectivity index (χ1) is 11.9. The van der Waals surface area contributed by atoms with Crippen molar-refractivity contribution in [2.75, 3.05) is 19.6 Å². The van der Waals surface area contributed by atoms with Crippen molar-refractivity contribution in [3.63, 3.8) is 0 Å². The lowest BCUT2D eigenvalue weighted by Crippen LogP contribution is -2.44. The summed E-state index contributed by atoms with van der Waals surface area (Å²) in [4.78, 5) is 4.48. The van der Waals surface area contributed by atoms with E-state index in [2.05, 4.69) is 41.9 Å². The molecule has 5 nitrogen and oxygen atoms in total. The zero-order valence-electron chi connectivity index (χ0n) is 15.1. The van der Waals surface area contributed by atoms with Crippen LogP contribution in [0.25, 0.3) is 11.5 Å². The molecule has 1 aromatic heterocycles. The first kappa shape index (κ1) is 18.0. The van der Waals surface area contributed by atoms with E-state index in [1.165, 1.54) is 12.1 Å². The fraction of sp³-hybridized carbons (Fsp3) is 0.526. The predicted octanol–water partition coefficient (Wildman–Crippen LogP) is 2.75. The summed E-state index contributed by atoms with van der Waals surface area (Å²) in [5.74, 6) is 0.836. The Morgan fingerprint density at radius 3 is 2.76 bits per heavy atom. The maximum atomic E-state index is 13.0. The average Bonchev–Trinajstić information content (AvgIpc) is 3.21. The number of rotatable bonds is 6. The van der Waals surface area contributed by atoms with Crippen molar-refractivity contribution < 1.29 is 8.81 Å². The van der Waals surface area contributed by atoms with E-state index in [0.29, 0.717) is 17.9 Å². The lowest BCUT2D eigenvalue weighted by molar-refractivity contribution is 0.235. The third kappa shape index (κ3) is 4.66. The Hall–Kier alpha value is -1.76. The molecule has 2 aromatic rings. The molecule has 0 spiro atoms. The second kappa shape index (κ2) is 7.64. The highest BCUT2D eigenvalue weighted by atomic mass is 19.1. The van der Waals surface area contributed by atoms with E-state index in [-0.39, 0.29) is 11.2 Å². The molecule has 2 unspecified atom stereocenters. The van der Waals surface area contributed by atoms with Gasteiger partial charge in [0.05, 0.1) is 5.69 Å². The Labute approximate surface area is 148 Å². The molecule has 136 valence electrons. The van der Waals surface area contributed by atoms with Gasteiger partial charge >= 0.3 is 0 Å². The van der Waals surface area contributed by atoms with E-state index >= 15 is 0 Å². The van der Waals surface area contributed by atoms with Gasteiger partial charge in [-0.25, -0.2) is 9.37 Å². The highest BCUT2D eigenvalue weighted by Gasteiger charge is 2.35. The molecule has 2 atom stereocenters. The highest BCUT2D eigenvalue weighted by Crippen LogP contribution is 2.26. The molecule has 1 fully saturated rings. The van der Waals surface area contributed by atoms with Crippen LogP contribution >= 0.6 is 0 Å². The van der Waals surface area contributed by atoms with Crippen LogP contribution in [0.5, 0.6) is 0 Å². The summed E-state index contributed by atoms with van der Waals surface area (Å²) in [6.45, 7) is 9.58. The summed E-state index contributed by atoms with van der Waals surface area (Å²) in [6.07, 6.45) is 2.48. The van der Waals surface area contributed by atoms with Crippen molar-refractivity contribution in [3.8, 4) is 11.5 Å². The molecule has 0 amide bonds. The van der Waals surface area contributed by atoms with E-state index in [1.807, 2.05) is 0 Å². The largest absolute Gasteiger partial charge is 0.444 e. The van der Waals surface area contributed by atoms with Crippen LogP contribution in [0.4, 0.5) is 4.39 Å². The molecular weight excluding hydrogens is 319 g/mol. The molecular formula is C19H27FN4O. The molecule has 3 rings (SSSR count). The standard InChI is InChI=1S/C19H27FN4O/c1-19(2,3)17-14(11-22-24-17)10-21-9-8-16-12-25-18(23-16)13-4-6-15(20)7-5-13/h4-7,12,14,17,21-22,24H,8-11H2,1-3H3. The van der Waals surface area contributed by atoms with Gasteiger partial charge in [0.25, 0.3) is 0 Å². The predicted molar refractivity (Wildman–Crippen MR) is 96.3 cm³/mol. The maximum Gasteiger partial charge on any atom is 0.226 e. The van der Waals surface area contributed by atoms with E-state index < -0.39 is 0 Å². The summed E-state index contributed by atoms with van der Waals surface area (Å²) < 4.78 is 18.5. The number of oxazole rings is 1. The number of hydrogen-bond donors (Lipinski definition) is 3. The summed E-state index contributed by atoms with van der Waals surface area (Å²) >= 11 is 0. The van der Waals surface area contributed by atoms with Crippen LogP contribution in [0.1, 0.15) is 26.5 Å². The number of nitrogens with zero attached hydrogens (tertiary/aromatic N) is 1. The molecule has 0 bridgehead atoms. The van der Waals surface area contributed by atoms with E-state index in [1.54, 1.807) is 18.4 Å². The Morgan fingerprint density at radius 2 is 2.04 bits per heavy atom. The SMILES string of the molecule is CC(C)(C)C1NNCC1CNCCc1coc(-c2ccc(F)cc2)n1. The van der Waals surface area contributed by atoms with Crippen LogP contribution in [0.15, 0.2) is 34.9 Å². The Bertz CT molecular complexity index is 677. The smallest absolute Gasteiger partial charge is 0.226 e. The quantitative estimate of drug-likeness (QED) is 0.702. The van der Waals surface area contributed by atoms with Crippen molar-refractivity contribution in [1.82, 2.24) is 21.2 Å². The first-order valence-electron chi connectivity index (χ1n) is 8.83. The number of hydrazine groups is 1. The number of benzene rings is 1. The van der Waals surface area contributed by atoms with Crippen molar-refractivity contribution in [3.05, 3.63) is 42.0 Å². The van der Waals surface area contributed by atoms with Crippen LogP contribution in [-0.4, -0.2) is 30.7 Å². The van der Waals surface area contributed by atoms with Crippen molar-refractivity contribution in [1.29, 1.82) is 0 Å². The van der Waals surface area contributed by atoms with Crippen molar-refractivity contribution >= 4 is 0 Å². The Balaban J connectivity index is 1.46. The Morgan fingerprint density at radius 1 is 1.28 bits per heavy atom. The molecule has 0 aliphatic carbocycles. The molecule has 0 radical (unpaired) electrons. The molecule has 1 saturated heterocycles. The first-order valence-corrected chi connectivity index (χ1v) is 8.83. The molecule has 3 N–H and O–H groups in total. The number of hydrogen-bond acceptors (Lipinski definition) is 5. The van der Waals surface area contributed by atoms with Gasteiger partial charge in [-0.1, -0.05) is 20.8 Å². The molecule has 25 heavy (non-hydrogen) atoms. The van der Waals surface area contributed by atoms with Crippen LogP contribution in [0.2, 0.25) is 0 Å². The summed E-state index contributed by atoms with van der Waals surface area (Å²) in [6, 6.07) is 6.63. The van der Waals surface area contributed by atoms with Gasteiger partial charge < -0.3 is 9.73 Å². The van der Waals surface area contributed by atoms with E-state index in [9.17, 15) is 4.39 Å². The van der Waals surface area contributed by atoms with Gasteiger partial charge in [0.15, 0.2) is 0 Å². The molecule has 2 heterocycles. The van der Waals surface area contributed by atoms with Gasteiger partial charge in [-0.05, 0) is 29.7 Å². The molecule has 0 saturated carbocycles. The number of halogens is 1. The second-order valence-corrected chi connectivity index (χ2v) is 7.73. The summed E-state index contributed by atoms with van der Waals surface area (Å²) in [5, 5.41) is 3.52. The monoisotopic (exact) mass is 346 g/mol. The normalized spacial score (nSPS) is 21.0. The van der Waals surface area contributed by atoms with Crippen LogP contribution in [-0.2, 0) is 6.42 Å². The number of nitrogens with one attached hydrogen (secondary N) is 3. The van der Waals surface area contributed by atoms with Crippen molar-refractivity contribution in [2.45, 2.75) is 33.2 Å². The minimum Gasteiger partial charge on any atom is -0.444 e. The maximum absolute atomic E-state index is 13.0. The fourth-order valence-corrected chi connectivity index (χ4v) is 3.30. The van der Waals surface area contributed by atoms with Gasteiger partial charge in [-0.15, -0.1) is 0 Å². The molecule has 1 aliphatic heterocycles. The molecule has 1 aromatic carbocycles. The van der Waals surface area contributed by atoms with E-state index in [0.717, 1.165) is 37.3 Å².